The lowest BCUT2D eigenvalue weighted by molar-refractivity contribution is 0.543. The van der Waals surface area contributed by atoms with E-state index < -0.39 is 26.6 Å². The Hall–Kier alpha value is -2.49. The summed E-state index contributed by atoms with van der Waals surface area (Å²) in [5.41, 5.74) is 2.66. The van der Waals surface area contributed by atoms with E-state index in [0.29, 0.717) is 29.4 Å². The number of halogens is 3. The van der Waals surface area contributed by atoms with Crippen LogP contribution in [0.25, 0.3) is 22.2 Å². The Morgan fingerprint density at radius 1 is 1.14 bits per heavy atom. The summed E-state index contributed by atoms with van der Waals surface area (Å²) in [6, 6.07) is 10.6. The standard InChI is InChI=1S/C20H16BrF2N3O2S/c1-24-10-12-6-19(14-2-3-18-13(7-14)4-5-25-18)26(11-12)29(27,28)20-16(21)8-15(22)9-17(20)23/h2-9,11,24-25H,10H2,1H3. The van der Waals surface area contributed by atoms with Crippen LogP contribution < -0.4 is 5.32 Å². The molecular weight excluding hydrogens is 464 g/mol. The summed E-state index contributed by atoms with van der Waals surface area (Å²) in [5.74, 6) is -2.03. The number of aromatic nitrogens is 2. The molecule has 29 heavy (non-hydrogen) atoms. The highest BCUT2D eigenvalue weighted by molar-refractivity contribution is 9.10. The molecule has 2 heterocycles. The van der Waals surface area contributed by atoms with Crippen molar-refractivity contribution in [1.29, 1.82) is 0 Å². The van der Waals surface area contributed by atoms with Crippen molar-refractivity contribution in [2.75, 3.05) is 7.05 Å². The van der Waals surface area contributed by atoms with Gasteiger partial charge in [-0.05, 0) is 64.4 Å². The molecule has 0 aliphatic rings. The lowest BCUT2D eigenvalue weighted by atomic mass is 10.1. The van der Waals surface area contributed by atoms with E-state index in [2.05, 4.69) is 26.2 Å². The van der Waals surface area contributed by atoms with Crippen LogP contribution in [0, 0.1) is 11.6 Å². The Morgan fingerprint density at radius 2 is 1.93 bits per heavy atom. The van der Waals surface area contributed by atoms with Crippen molar-refractivity contribution in [3.63, 3.8) is 0 Å². The van der Waals surface area contributed by atoms with Crippen molar-refractivity contribution >= 4 is 36.9 Å². The summed E-state index contributed by atoms with van der Waals surface area (Å²) < 4.78 is 55.5. The van der Waals surface area contributed by atoms with Gasteiger partial charge in [-0.25, -0.2) is 21.2 Å². The van der Waals surface area contributed by atoms with E-state index in [-0.39, 0.29) is 4.47 Å². The van der Waals surface area contributed by atoms with Crippen LogP contribution in [0.15, 0.2) is 64.2 Å². The molecule has 2 aromatic heterocycles. The first-order valence-corrected chi connectivity index (χ1v) is 10.9. The first kappa shape index (κ1) is 19.8. The van der Waals surface area contributed by atoms with Crippen molar-refractivity contribution in [3.8, 4) is 11.3 Å². The Bertz CT molecular complexity index is 1310. The zero-order chi connectivity index (χ0) is 20.8. The smallest absolute Gasteiger partial charge is 0.272 e. The minimum absolute atomic E-state index is 0.175. The summed E-state index contributed by atoms with van der Waals surface area (Å²) in [6.45, 7) is 0.426. The predicted octanol–water partition coefficient (Wildman–Crippen LogP) is 4.63. The second-order valence-corrected chi connectivity index (χ2v) is 9.15. The molecule has 0 unspecified atom stereocenters. The van der Waals surface area contributed by atoms with Crippen LogP contribution in [0.1, 0.15) is 5.56 Å². The van der Waals surface area contributed by atoms with Gasteiger partial charge in [-0.15, -0.1) is 0 Å². The molecule has 5 nitrogen and oxygen atoms in total. The molecule has 0 bridgehead atoms. The summed E-state index contributed by atoms with van der Waals surface area (Å²) >= 11 is 2.99. The molecule has 0 saturated heterocycles. The van der Waals surface area contributed by atoms with Gasteiger partial charge in [-0.2, -0.15) is 0 Å². The number of fused-ring (bicyclic) bond motifs is 1. The third kappa shape index (κ3) is 3.50. The van der Waals surface area contributed by atoms with E-state index in [0.717, 1.165) is 20.9 Å². The van der Waals surface area contributed by atoms with E-state index >= 15 is 0 Å². The molecule has 0 spiro atoms. The van der Waals surface area contributed by atoms with Gasteiger partial charge in [-0.1, -0.05) is 6.07 Å². The average Bonchev–Trinajstić information content (AvgIpc) is 3.27. The molecule has 2 N–H and O–H groups in total. The van der Waals surface area contributed by atoms with E-state index in [4.69, 9.17) is 0 Å². The number of rotatable bonds is 5. The molecule has 0 saturated carbocycles. The highest BCUT2D eigenvalue weighted by atomic mass is 79.9. The van der Waals surface area contributed by atoms with Gasteiger partial charge in [0.1, 0.15) is 16.5 Å². The summed E-state index contributed by atoms with van der Waals surface area (Å²) in [7, 11) is -2.60. The number of benzene rings is 2. The topological polar surface area (TPSA) is 66.9 Å². The molecule has 4 rings (SSSR count). The zero-order valence-electron chi connectivity index (χ0n) is 15.2. The molecule has 0 amide bonds. The lowest BCUT2D eigenvalue weighted by Crippen LogP contribution is -2.16. The van der Waals surface area contributed by atoms with Gasteiger partial charge in [-0.3, -0.25) is 0 Å². The molecule has 0 atom stereocenters. The van der Waals surface area contributed by atoms with Gasteiger partial charge in [0, 0.05) is 40.4 Å². The molecule has 4 aromatic rings. The molecule has 2 aromatic carbocycles. The molecule has 0 fully saturated rings. The van der Waals surface area contributed by atoms with Crippen LogP contribution in [0.3, 0.4) is 0 Å². The largest absolute Gasteiger partial charge is 0.361 e. The fourth-order valence-corrected chi connectivity index (χ4v) is 5.81. The van der Waals surface area contributed by atoms with Gasteiger partial charge < -0.3 is 10.3 Å². The third-order valence-corrected chi connectivity index (χ3v) is 7.19. The van der Waals surface area contributed by atoms with Gasteiger partial charge >= 0.3 is 0 Å². The Labute approximate surface area is 174 Å². The van der Waals surface area contributed by atoms with Crippen LogP contribution >= 0.6 is 15.9 Å². The van der Waals surface area contributed by atoms with Gasteiger partial charge in [0.25, 0.3) is 10.0 Å². The van der Waals surface area contributed by atoms with Crippen molar-refractivity contribution in [2.24, 2.45) is 0 Å². The summed E-state index contributed by atoms with van der Waals surface area (Å²) in [5, 5.41) is 3.89. The summed E-state index contributed by atoms with van der Waals surface area (Å²) in [6.07, 6.45) is 3.24. The molecule has 0 aliphatic carbocycles. The van der Waals surface area contributed by atoms with Crippen molar-refractivity contribution in [3.05, 3.63) is 76.5 Å². The van der Waals surface area contributed by atoms with Crippen LogP contribution in [-0.4, -0.2) is 24.4 Å². The molecule has 0 radical (unpaired) electrons. The summed E-state index contributed by atoms with van der Waals surface area (Å²) in [4.78, 5) is 2.47. The van der Waals surface area contributed by atoms with Crippen molar-refractivity contribution in [1.82, 2.24) is 14.3 Å². The average molecular weight is 480 g/mol. The van der Waals surface area contributed by atoms with Crippen LogP contribution in [0.2, 0.25) is 0 Å². The third-order valence-electron chi connectivity index (χ3n) is 4.55. The van der Waals surface area contributed by atoms with Crippen molar-refractivity contribution < 1.29 is 17.2 Å². The minimum atomic E-state index is -4.34. The molecule has 0 aliphatic heterocycles. The Kier molecular flexibility index (Phi) is 5.05. The normalized spacial score (nSPS) is 12.0. The molecule has 9 heteroatoms. The second kappa shape index (κ2) is 7.40. The van der Waals surface area contributed by atoms with Gasteiger partial charge in [0.2, 0.25) is 0 Å². The SMILES string of the molecule is CNCc1cc(-c2ccc3[nH]ccc3c2)n(S(=O)(=O)c2c(F)cc(F)cc2Br)c1. The predicted molar refractivity (Wildman–Crippen MR) is 111 cm³/mol. The molecule has 150 valence electrons. The number of nitrogens with zero attached hydrogens (tertiary/aromatic N) is 1. The van der Waals surface area contributed by atoms with E-state index in [1.807, 2.05) is 18.2 Å². The maximum Gasteiger partial charge on any atom is 0.272 e. The maximum absolute atomic E-state index is 14.5. The fourth-order valence-electron chi connectivity index (χ4n) is 3.29. The minimum Gasteiger partial charge on any atom is -0.361 e. The van der Waals surface area contributed by atoms with E-state index in [1.54, 1.807) is 25.4 Å². The first-order valence-electron chi connectivity index (χ1n) is 8.65. The number of hydrogen-bond donors (Lipinski definition) is 2. The van der Waals surface area contributed by atoms with E-state index in [9.17, 15) is 17.2 Å². The number of H-pyrrole nitrogens is 1. The van der Waals surface area contributed by atoms with Crippen LogP contribution in [0.5, 0.6) is 0 Å². The quantitative estimate of drug-likeness (QED) is 0.438. The first-order chi connectivity index (χ1) is 13.8. The van der Waals surface area contributed by atoms with Crippen molar-refractivity contribution in [2.45, 2.75) is 11.4 Å². The zero-order valence-corrected chi connectivity index (χ0v) is 17.6. The number of nitrogens with one attached hydrogen (secondary N) is 2. The molecular formula is C20H16BrF2N3O2S. The maximum atomic E-state index is 14.5. The van der Waals surface area contributed by atoms with Gasteiger partial charge in [0.05, 0.1) is 5.69 Å². The highest BCUT2D eigenvalue weighted by Crippen LogP contribution is 2.33. The van der Waals surface area contributed by atoms with Gasteiger partial charge in [0.15, 0.2) is 0 Å². The Balaban J connectivity index is 1.95. The Morgan fingerprint density at radius 3 is 2.66 bits per heavy atom. The van der Waals surface area contributed by atoms with Crippen LogP contribution in [0.4, 0.5) is 8.78 Å². The monoisotopic (exact) mass is 479 g/mol. The highest BCUT2D eigenvalue weighted by Gasteiger charge is 2.28. The van der Waals surface area contributed by atoms with Crippen LogP contribution in [-0.2, 0) is 16.6 Å². The second-order valence-electron chi connectivity index (χ2n) is 6.54. The lowest BCUT2D eigenvalue weighted by Gasteiger charge is -2.13. The number of aromatic amines is 1. The fraction of sp³-hybridized carbons (Fsp3) is 0.100. The van der Waals surface area contributed by atoms with E-state index in [1.165, 1.54) is 6.20 Å². The number of hydrogen-bond acceptors (Lipinski definition) is 3.